The third-order valence-electron chi connectivity index (χ3n) is 1.90. The normalized spacial score (nSPS) is 24.2. The predicted octanol–water partition coefficient (Wildman–Crippen LogP) is 1.18. The van der Waals surface area contributed by atoms with Crippen LogP contribution in [0.4, 0.5) is 8.78 Å². The molecule has 0 aliphatic carbocycles. The van der Waals surface area contributed by atoms with Crippen molar-refractivity contribution in [3.63, 3.8) is 0 Å². The number of hydrogen-bond acceptors (Lipinski definition) is 2. The molecular formula is C8H14F2NO. The molecule has 0 aromatic heterocycles. The molecule has 0 bridgehead atoms. The van der Waals surface area contributed by atoms with Gasteiger partial charge in [0, 0.05) is 26.6 Å². The van der Waals surface area contributed by atoms with E-state index >= 15 is 0 Å². The minimum absolute atomic E-state index is 0.0868. The molecule has 0 saturated carbocycles. The van der Waals surface area contributed by atoms with Crippen LogP contribution in [0.15, 0.2) is 0 Å². The molecule has 1 rings (SSSR count). The van der Waals surface area contributed by atoms with Crippen molar-refractivity contribution < 1.29 is 13.5 Å². The van der Waals surface area contributed by atoms with Crippen LogP contribution in [0.3, 0.4) is 0 Å². The van der Waals surface area contributed by atoms with Crippen LogP contribution in [0.1, 0.15) is 6.42 Å². The zero-order valence-corrected chi connectivity index (χ0v) is 7.22. The highest BCUT2D eigenvalue weighted by Gasteiger charge is 2.34. The number of alkyl halides is 2. The van der Waals surface area contributed by atoms with Gasteiger partial charge in [-0.05, 0) is 6.42 Å². The van der Waals surface area contributed by atoms with Crippen LogP contribution in [0.5, 0.6) is 0 Å². The van der Waals surface area contributed by atoms with Crippen molar-refractivity contribution >= 4 is 0 Å². The second-order valence-electron chi connectivity index (χ2n) is 3.08. The first-order valence-electron chi connectivity index (χ1n) is 4.05. The minimum atomic E-state index is -2.54. The summed E-state index contributed by atoms with van der Waals surface area (Å²) in [4.78, 5) is 1.70. The molecular weight excluding hydrogens is 164 g/mol. The van der Waals surface area contributed by atoms with Gasteiger partial charge in [-0.2, -0.15) is 0 Å². The first kappa shape index (κ1) is 9.86. The predicted molar refractivity (Wildman–Crippen MR) is 42.2 cm³/mol. The number of likely N-dealkylation sites (tertiary alicyclic amines) is 1. The first-order chi connectivity index (χ1) is 5.64. The molecule has 4 heteroatoms. The number of nitrogens with zero attached hydrogens (tertiary/aromatic N) is 1. The van der Waals surface area contributed by atoms with Gasteiger partial charge in [0.1, 0.15) is 0 Å². The maximum absolute atomic E-state index is 12.8. The van der Waals surface area contributed by atoms with Crippen molar-refractivity contribution in [2.75, 3.05) is 33.4 Å². The summed E-state index contributed by atoms with van der Waals surface area (Å²) in [5, 5.41) is 0. The first-order valence-corrected chi connectivity index (χ1v) is 4.05. The van der Waals surface area contributed by atoms with Gasteiger partial charge in [-0.1, -0.05) is 0 Å². The van der Waals surface area contributed by atoms with Gasteiger partial charge in [-0.3, -0.25) is 4.90 Å². The van der Waals surface area contributed by atoms with Gasteiger partial charge in [-0.25, -0.2) is 8.78 Å². The Morgan fingerprint density at radius 1 is 1.58 bits per heavy atom. The van der Waals surface area contributed by atoms with E-state index in [1.54, 1.807) is 18.4 Å². The molecule has 1 radical (unpaired) electrons. The molecule has 1 fully saturated rings. The van der Waals surface area contributed by atoms with Crippen molar-refractivity contribution in [3.05, 3.63) is 6.42 Å². The molecule has 71 valence electrons. The Kier molecular flexibility index (Phi) is 3.40. The zero-order valence-electron chi connectivity index (χ0n) is 7.22. The fourth-order valence-electron chi connectivity index (χ4n) is 1.31. The molecule has 1 saturated heterocycles. The largest absolute Gasteiger partial charge is 0.383 e. The van der Waals surface area contributed by atoms with Crippen LogP contribution < -0.4 is 0 Å². The number of ether oxygens (including phenoxy) is 1. The summed E-state index contributed by atoms with van der Waals surface area (Å²) in [6.45, 7) is 1.62. The number of rotatable bonds is 3. The third kappa shape index (κ3) is 3.03. The Labute approximate surface area is 71.5 Å². The van der Waals surface area contributed by atoms with E-state index in [4.69, 9.17) is 4.74 Å². The maximum atomic E-state index is 12.8. The van der Waals surface area contributed by atoms with Gasteiger partial charge < -0.3 is 4.74 Å². The van der Waals surface area contributed by atoms with Gasteiger partial charge in [-0.15, -0.1) is 0 Å². The summed E-state index contributed by atoms with van der Waals surface area (Å²) in [5.41, 5.74) is 0. The van der Waals surface area contributed by atoms with E-state index in [9.17, 15) is 8.78 Å². The van der Waals surface area contributed by atoms with Crippen molar-refractivity contribution in [2.24, 2.45) is 0 Å². The van der Waals surface area contributed by atoms with E-state index < -0.39 is 5.92 Å². The zero-order chi connectivity index (χ0) is 9.03. The van der Waals surface area contributed by atoms with Gasteiger partial charge in [0.2, 0.25) is 0 Å². The SMILES string of the molecule is COCCN1C[CH]CC(F)(F)C1. The average molecular weight is 178 g/mol. The molecule has 0 aromatic carbocycles. The Morgan fingerprint density at radius 2 is 2.33 bits per heavy atom. The van der Waals surface area contributed by atoms with Crippen LogP contribution in [0.25, 0.3) is 0 Å². The van der Waals surface area contributed by atoms with Crippen molar-refractivity contribution in [1.82, 2.24) is 4.90 Å². The summed E-state index contributed by atoms with van der Waals surface area (Å²) in [6, 6.07) is 0. The number of hydrogen-bond donors (Lipinski definition) is 0. The van der Waals surface area contributed by atoms with E-state index in [1.165, 1.54) is 0 Å². The van der Waals surface area contributed by atoms with E-state index in [1.807, 2.05) is 0 Å². The molecule has 0 atom stereocenters. The lowest BCUT2D eigenvalue weighted by atomic mass is 10.1. The van der Waals surface area contributed by atoms with Gasteiger partial charge in [0.25, 0.3) is 5.92 Å². The summed E-state index contributed by atoms with van der Waals surface area (Å²) in [6.07, 6.45) is 1.54. The second-order valence-corrected chi connectivity index (χ2v) is 3.08. The summed E-state index contributed by atoms with van der Waals surface area (Å²) >= 11 is 0. The lowest BCUT2D eigenvalue weighted by Gasteiger charge is -2.31. The summed E-state index contributed by atoms with van der Waals surface area (Å²) < 4.78 is 30.3. The standard InChI is InChI=1S/C8H14F2NO/c1-12-6-5-11-4-2-3-8(9,10)7-11/h2H,3-7H2,1H3. The monoisotopic (exact) mass is 178 g/mol. The number of piperidine rings is 1. The van der Waals surface area contributed by atoms with Crippen LogP contribution in [-0.4, -0.2) is 44.2 Å². The highest BCUT2D eigenvalue weighted by molar-refractivity contribution is 4.88. The van der Waals surface area contributed by atoms with E-state index in [0.29, 0.717) is 19.7 Å². The van der Waals surface area contributed by atoms with Crippen LogP contribution in [0, 0.1) is 6.42 Å². The topological polar surface area (TPSA) is 12.5 Å². The molecule has 0 amide bonds. The molecule has 0 N–H and O–H groups in total. The lowest BCUT2D eigenvalue weighted by Crippen LogP contribution is -2.44. The fraction of sp³-hybridized carbons (Fsp3) is 0.875. The number of halogens is 2. The Balaban J connectivity index is 2.26. The lowest BCUT2D eigenvalue weighted by molar-refractivity contribution is -0.0516. The molecule has 2 nitrogen and oxygen atoms in total. The van der Waals surface area contributed by atoms with E-state index in [2.05, 4.69) is 0 Å². The Bertz CT molecular complexity index is 141. The van der Waals surface area contributed by atoms with E-state index in [0.717, 1.165) is 0 Å². The van der Waals surface area contributed by atoms with Crippen LogP contribution in [-0.2, 0) is 4.74 Å². The average Bonchev–Trinajstić information content (AvgIpc) is 1.99. The Morgan fingerprint density at radius 3 is 2.92 bits per heavy atom. The summed E-state index contributed by atoms with van der Waals surface area (Å²) in [7, 11) is 1.58. The van der Waals surface area contributed by atoms with Crippen molar-refractivity contribution in [1.29, 1.82) is 0 Å². The Hall–Kier alpha value is -0.220. The number of methoxy groups -OCH3 is 1. The maximum Gasteiger partial charge on any atom is 0.260 e. The highest BCUT2D eigenvalue weighted by atomic mass is 19.3. The second kappa shape index (κ2) is 4.14. The van der Waals surface area contributed by atoms with Crippen LogP contribution in [0.2, 0.25) is 0 Å². The smallest absolute Gasteiger partial charge is 0.260 e. The highest BCUT2D eigenvalue weighted by Crippen LogP contribution is 2.25. The molecule has 1 heterocycles. The van der Waals surface area contributed by atoms with Gasteiger partial charge >= 0.3 is 0 Å². The summed E-state index contributed by atoms with van der Waals surface area (Å²) in [5.74, 6) is -2.54. The minimum Gasteiger partial charge on any atom is -0.383 e. The van der Waals surface area contributed by atoms with Crippen LogP contribution >= 0.6 is 0 Å². The molecule has 12 heavy (non-hydrogen) atoms. The molecule has 0 aromatic rings. The molecule has 1 aliphatic heterocycles. The quantitative estimate of drug-likeness (QED) is 0.643. The van der Waals surface area contributed by atoms with Crippen molar-refractivity contribution in [3.8, 4) is 0 Å². The van der Waals surface area contributed by atoms with Crippen molar-refractivity contribution in [2.45, 2.75) is 12.3 Å². The third-order valence-corrected chi connectivity index (χ3v) is 1.90. The molecule has 0 unspecified atom stereocenters. The van der Waals surface area contributed by atoms with Gasteiger partial charge in [0.15, 0.2) is 0 Å². The van der Waals surface area contributed by atoms with E-state index in [-0.39, 0.29) is 13.0 Å². The van der Waals surface area contributed by atoms with Gasteiger partial charge in [0.05, 0.1) is 13.2 Å². The molecule has 1 aliphatic rings. The fourth-order valence-corrected chi connectivity index (χ4v) is 1.31. The molecule has 0 spiro atoms.